The van der Waals surface area contributed by atoms with Gasteiger partial charge in [0.25, 0.3) is 0 Å². The molecular weight excluding hydrogens is 356 g/mol. The number of amides is 1. The van der Waals surface area contributed by atoms with Crippen LogP contribution in [0.25, 0.3) is 5.57 Å². The molecule has 0 aromatic heterocycles. The number of hydrogen-bond donors (Lipinski definition) is 0. The average molecular weight is 381 g/mol. The number of rotatable bonds is 2. The van der Waals surface area contributed by atoms with Gasteiger partial charge in [0.05, 0.1) is 0 Å². The predicted molar refractivity (Wildman–Crippen MR) is 98.9 cm³/mol. The van der Waals surface area contributed by atoms with E-state index in [0.29, 0.717) is 13.1 Å². The molecule has 0 bridgehead atoms. The number of nitrogens with zero attached hydrogens (tertiary/aromatic N) is 2. The third kappa shape index (κ3) is 4.74. The molecule has 1 aromatic rings. The first-order valence-corrected chi connectivity index (χ1v) is 8.65. The molecule has 1 heterocycles. The van der Waals surface area contributed by atoms with Crippen molar-refractivity contribution in [2.45, 2.75) is 33.3 Å². The van der Waals surface area contributed by atoms with E-state index in [4.69, 9.17) is 4.74 Å². The number of allylic oxidation sites excluding steroid dienone is 1. The molecule has 0 atom stereocenters. The first kappa shape index (κ1) is 17.9. The van der Waals surface area contributed by atoms with Gasteiger partial charge in [0.15, 0.2) is 0 Å². The van der Waals surface area contributed by atoms with E-state index in [-0.39, 0.29) is 6.09 Å². The SMILES string of the molecule is C=C(C)c1cc(Br)ccc1N1CCN(C(=O)OC(C)(C)C)CC1. The monoisotopic (exact) mass is 380 g/mol. The molecule has 1 aliphatic heterocycles. The van der Waals surface area contributed by atoms with Crippen molar-refractivity contribution >= 4 is 33.3 Å². The van der Waals surface area contributed by atoms with Gasteiger partial charge in [-0.25, -0.2) is 4.79 Å². The van der Waals surface area contributed by atoms with Crippen LogP contribution in [0.4, 0.5) is 10.5 Å². The zero-order chi connectivity index (χ0) is 17.2. The van der Waals surface area contributed by atoms with Crippen LogP contribution >= 0.6 is 15.9 Å². The van der Waals surface area contributed by atoms with Crippen LogP contribution in [-0.4, -0.2) is 42.8 Å². The van der Waals surface area contributed by atoms with E-state index in [1.54, 1.807) is 4.90 Å². The molecule has 0 radical (unpaired) electrons. The zero-order valence-electron chi connectivity index (χ0n) is 14.4. The number of halogens is 1. The molecule has 23 heavy (non-hydrogen) atoms. The Morgan fingerprint density at radius 3 is 2.35 bits per heavy atom. The van der Waals surface area contributed by atoms with Gasteiger partial charge >= 0.3 is 6.09 Å². The number of carbonyl (C=O) groups excluding carboxylic acids is 1. The fourth-order valence-electron chi connectivity index (χ4n) is 2.58. The highest BCUT2D eigenvalue weighted by molar-refractivity contribution is 9.10. The second kappa shape index (κ2) is 6.95. The Morgan fingerprint density at radius 2 is 1.83 bits per heavy atom. The van der Waals surface area contributed by atoms with Crippen LogP contribution in [0, 0.1) is 0 Å². The van der Waals surface area contributed by atoms with Crippen molar-refractivity contribution in [1.29, 1.82) is 0 Å². The summed E-state index contributed by atoms with van der Waals surface area (Å²) in [5.41, 5.74) is 2.90. The van der Waals surface area contributed by atoms with Crippen molar-refractivity contribution in [1.82, 2.24) is 4.90 Å². The van der Waals surface area contributed by atoms with Gasteiger partial charge in [0.1, 0.15) is 5.60 Å². The third-order valence-electron chi connectivity index (χ3n) is 3.69. The highest BCUT2D eigenvalue weighted by Gasteiger charge is 2.26. The maximum Gasteiger partial charge on any atom is 0.410 e. The van der Waals surface area contributed by atoms with Crippen molar-refractivity contribution in [3.63, 3.8) is 0 Å². The van der Waals surface area contributed by atoms with Gasteiger partial charge in [0.2, 0.25) is 0 Å². The van der Waals surface area contributed by atoms with Gasteiger partial charge in [-0.05, 0) is 51.5 Å². The van der Waals surface area contributed by atoms with Gasteiger partial charge in [-0.2, -0.15) is 0 Å². The van der Waals surface area contributed by atoms with Crippen LogP contribution in [0.1, 0.15) is 33.3 Å². The van der Waals surface area contributed by atoms with Crippen LogP contribution in [0.2, 0.25) is 0 Å². The molecule has 2 rings (SSSR count). The smallest absolute Gasteiger partial charge is 0.410 e. The van der Waals surface area contributed by atoms with Gasteiger partial charge in [-0.3, -0.25) is 0 Å². The molecule has 1 fully saturated rings. The van der Waals surface area contributed by atoms with Crippen molar-refractivity contribution in [2.75, 3.05) is 31.1 Å². The standard InChI is InChI=1S/C18H25BrN2O2/c1-13(2)15-12-14(19)6-7-16(15)20-8-10-21(11-9-20)17(22)23-18(3,4)5/h6-7,12H,1,8-11H2,2-5H3. The average Bonchev–Trinajstić information content (AvgIpc) is 2.45. The molecule has 1 aliphatic rings. The molecule has 0 N–H and O–H groups in total. The van der Waals surface area contributed by atoms with Crippen LogP contribution in [0.5, 0.6) is 0 Å². The predicted octanol–water partition coefficient (Wildman–Crippen LogP) is 4.54. The minimum atomic E-state index is -0.451. The summed E-state index contributed by atoms with van der Waals surface area (Å²) < 4.78 is 6.49. The van der Waals surface area contributed by atoms with Crippen molar-refractivity contribution in [3.8, 4) is 0 Å². The minimum absolute atomic E-state index is 0.229. The number of ether oxygens (including phenoxy) is 1. The summed E-state index contributed by atoms with van der Waals surface area (Å²) in [5, 5.41) is 0. The topological polar surface area (TPSA) is 32.8 Å². The van der Waals surface area contributed by atoms with E-state index in [2.05, 4.69) is 39.5 Å². The molecule has 4 nitrogen and oxygen atoms in total. The lowest BCUT2D eigenvalue weighted by molar-refractivity contribution is 0.0240. The number of benzene rings is 1. The van der Waals surface area contributed by atoms with Crippen molar-refractivity contribution in [2.24, 2.45) is 0 Å². The lowest BCUT2D eigenvalue weighted by atomic mass is 10.1. The summed E-state index contributed by atoms with van der Waals surface area (Å²) in [6.45, 7) is 14.7. The lowest BCUT2D eigenvalue weighted by Gasteiger charge is -2.37. The lowest BCUT2D eigenvalue weighted by Crippen LogP contribution is -2.50. The fraction of sp³-hybridized carbons (Fsp3) is 0.500. The molecule has 1 amide bonds. The summed E-state index contributed by atoms with van der Waals surface area (Å²) in [6.07, 6.45) is -0.229. The summed E-state index contributed by atoms with van der Waals surface area (Å²) in [4.78, 5) is 16.2. The Balaban J connectivity index is 2.05. The molecule has 126 valence electrons. The van der Waals surface area contributed by atoms with Crippen LogP contribution in [0.15, 0.2) is 29.3 Å². The number of piperazine rings is 1. The first-order chi connectivity index (χ1) is 10.7. The second-order valence-corrected chi connectivity index (χ2v) is 7.81. The van der Waals surface area contributed by atoms with Crippen LogP contribution in [0.3, 0.4) is 0 Å². The van der Waals surface area contributed by atoms with E-state index in [0.717, 1.165) is 28.7 Å². The largest absolute Gasteiger partial charge is 0.444 e. The number of anilines is 1. The zero-order valence-corrected chi connectivity index (χ0v) is 15.9. The van der Waals surface area contributed by atoms with Gasteiger partial charge in [0, 0.05) is 41.9 Å². The normalized spacial score (nSPS) is 15.5. The van der Waals surface area contributed by atoms with Crippen LogP contribution in [-0.2, 0) is 4.74 Å². The second-order valence-electron chi connectivity index (χ2n) is 6.90. The van der Waals surface area contributed by atoms with E-state index < -0.39 is 5.60 Å². The van der Waals surface area contributed by atoms with Crippen molar-refractivity contribution in [3.05, 3.63) is 34.8 Å². The highest BCUT2D eigenvalue weighted by atomic mass is 79.9. The maximum absolute atomic E-state index is 12.1. The summed E-state index contributed by atoms with van der Waals surface area (Å²) in [7, 11) is 0. The molecular formula is C18H25BrN2O2. The van der Waals surface area contributed by atoms with E-state index in [1.807, 2.05) is 33.8 Å². The van der Waals surface area contributed by atoms with E-state index >= 15 is 0 Å². The Bertz CT molecular complexity index is 600. The molecule has 1 saturated heterocycles. The fourth-order valence-corrected chi connectivity index (χ4v) is 2.94. The molecule has 0 unspecified atom stereocenters. The third-order valence-corrected chi connectivity index (χ3v) is 4.18. The van der Waals surface area contributed by atoms with Gasteiger partial charge in [-0.1, -0.05) is 22.5 Å². The Hall–Kier alpha value is -1.49. The summed E-state index contributed by atoms with van der Waals surface area (Å²) in [5.74, 6) is 0. The van der Waals surface area contributed by atoms with E-state index in [9.17, 15) is 4.79 Å². The Kier molecular flexibility index (Phi) is 5.40. The van der Waals surface area contributed by atoms with Crippen molar-refractivity contribution < 1.29 is 9.53 Å². The summed E-state index contributed by atoms with van der Waals surface area (Å²) >= 11 is 3.52. The quantitative estimate of drug-likeness (QED) is 0.754. The number of carbonyl (C=O) groups is 1. The summed E-state index contributed by atoms with van der Waals surface area (Å²) in [6, 6.07) is 6.25. The highest BCUT2D eigenvalue weighted by Crippen LogP contribution is 2.30. The molecule has 1 aromatic carbocycles. The van der Waals surface area contributed by atoms with Gasteiger partial charge < -0.3 is 14.5 Å². The molecule has 0 spiro atoms. The molecule has 0 aliphatic carbocycles. The number of hydrogen-bond acceptors (Lipinski definition) is 3. The van der Waals surface area contributed by atoms with Crippen LogP contribution < -0.4 is 4.90 Å². The Morgan fingerprint density at radius 1 is 1.22 bits per heavy atom. The maximum atomic E-state index is 12.1. The van der Waals surface area contributed by atoms with Gasteiger partial charge in [-0.15, -0.1) is 0 Å². The first-order valence-electron chi connectivity index (χ1n) is 7.86. The Labute approximate surface area is 147 Å². The van der Waals surface area contributed by atoms with E-state index in [1.165, 1.54) is 5.69 Å². The molecule has 0 saturated carbocycles. The minimum Gasteiger partial charge on any atom is -0.444 e. The molecule has 5 heteroatoms.